The van der Waals surface area contributed by atoms with E-state index in [4.69, 9.17) is 13.9 Å². The van der Waals surface area contributed by atoms with Crippen LogP contribution in [0.2, 0.25) is 0 Å². The van der Waals surface area contributed by atoms with Crippen LogP contribution in [0.5, 0.6) is 5.75 Å². The van der Waals surface area contributed by atoms with Gasteiger partial charge in [0.05, 0.1) is 12.2 Å². The molecular weight excluding hydrogens is 315 g/mol. The van der Waals surface area contributed by atoms with Gasteiger partial charge in [-0.2, -0.15) is 0 Å². The van der Waals surface area contributed by atoms with Crippen molar-refractivity contribution in [2.75, 3.05) is 6.61 Å². The van der Waals surface area contributed by atoms with E-state index in [0.29, 0.717) is 12.5 Å². The van der Waals surface area contributed by atoms with Crippen LogP contribution in [0.25, 0.3) is 0 Å². The van der Waals surface area contributed by atoms with E-state index < -0.39 is 11.8 Å². The molecule has 0 aliphatic rings. The molecule has 2 rings (SSSR count). The molecule has 24 heavy (non-hydrogen) atoms. The third kappa shape index (κ3) is 4.94. The maximum Gasteiger partial charge on any atom is 0.341 e. The Bertz CT molecular complexity index is 751. The molecule has 0 bridgehead atoms. The van der Waals surface area contributed by atoms with E-state index in [-0.39, 0.29) is 29.1 Å². The molecule has 0 unspecified atom stereocenters. The third-order valence-electron chi connectivity index (χ3n) is 3.24. The SMILES string of the molecule is CC(C)CCOc1coc(COC(=O)c2ccccc2F)cc1=O. The average molecular weight is 334 g/mol. The molecule has 0 amide bonds. The Morgan fingerprint density at radius 3 is 2.71 bits per heavy atom. The molecule has 0 atom stereocenters. The van der Waals surface area contributed by atoms with Crippen molar-refractivity contribution in [3.8, 4) is 5.75 Å². The summed E-state index contributed by atoms with van der Waals surface area (Å²) in [6.07, 6.45) is 2.01. The summed E-state index contributed by atoms with van der Waals surface area (Å²) >= 11 is 0. The van der Waals surface area contributed by atoms with Gasteiger partial charge in [-0.3, -0.25) is 4.79 Å². The topological polar surface area (TPSA) is 65.7 Å². The van der Waals surface area contributed by atoms with Crippen molar-refractivity contribution >= 4 is 5.97 Å². The fourth-order valence-corrected chi connectivity index (χ4v) is 1.87. The van der Waals surface area contributed by atoms with Gasteiger partial charge in [-0.1, -0.05) is 26.0 Å². The number of hydrogen-bond acceptors (Lipinski definition) is 5. The highest BCUT2D eigenvalue weighted by atomic mass is 19.1. The Morgan fingerprint density at radius 1 is 1.29 bits per heavy atom. The quantitative estimate of drug-likeness (QED) is 0.724. The van der Waals surface area contributed by atoms with Crippen molar-refractivity contribution < 1.29 is 23.1 Å². The van der Waals surface area contributed by atoms with Gasteiger partial charge in [0.15, 0.2) is 0 Å². The van der Waals surface area contributed by atoms with E-state index in [9.17, 15) is 14.0 Å². The summed E-state index contributed by atoms with van der Waals surface area (Å²) in [7, 11) is 0. The first kappa shape index (κ1) is 17.7. The second kappa shape index (κ2) is 8.29. The van der Waals surface area contributed by atoms with Crippen molar-refractivity contribution in [3.63, 3.8) is 0 Å². The Kier molecular flexibility index (Phi) is 6.12. The van der Waals surface area contributed by atoms with E-state index in [0.717, 1.165) is 6.42 Å². The number of hydrogen-bond donors (Lipinski definition) is 0. The van der Waals surface area contributed by atoms with E-state index in [1.165, 1.54) is 36.6 Å². The summed E-state index contributed by atoms with van der Waals surface area (Å²) in [6, 6.07) is 6.69. The van der Waals surface area contributed by atoms with Crippen molar-refractivity contribution in [3.05, 3.63) is 64.0 Å². The zero-order valence-electron chi connectivity index (χ0n) is 13.6. The van der Waals surface area contributed by atoms with Crippen molar-refractivity contribution in [2.24, 2.45) is 5.92 Å². The lowest BCUT2D eigenvalue weighted by Crippen LogP contribution is -2.12. The van der Waals surface area contributed by atoms with E-state index in [2.05, 4.69) is 13.8 Å². The number of carbonyl (C=O) groups is 1. The zero-order valence-corrected chi connectivity index (χ0v) is 13.6. The minimum absolute atomic E-state index is 0.111. The molecule has 0 saturated heterocycles. The number of ether oxygens (including phenoxy) is 2. The largest absolute Gasteiger partial charge is 0.487 e. The molecule has 2 aromatic rings. The first-order valence-corrected chi connectivity index (χ1v) is 7.63. The maximum atomic E-state index is 13.5. The maximum absolute atomic E-state index is 13.5. The highest BCUT2D eigenvalue weighted by molar-refractivity contribution is 5.89. The van der Waals surface area contributed by atoms with Gasteiger partial charge in [-0.05, 0) is 24.5 Å². The summed E-state index contributed by atoms with van der Waals surface area (Å²) in [5, 5.41) is 0. The molecule has 0 aliphatic carbocycles. The van der Waals surface area contributed by atoms with Gasteiger partial charge in [0.25, 0.3) is 0 Å². The minimum Gasteiger partial charge on any atom is -0.487 e. The standard InChI is InChI=1S/C18H19FO5/c1-12(2)7-8-22-17-11-23-13(9-16(17)20)10-24-18(21)14-5-3-4-6-15(14)19/h3-6,9,11-12H,7-8,10H2,1-2H3. The summed E-state index contributed by atoms with van der Waals surface area (Å²) in [5.74, 6) is -0.763. The molecule has 5 nitrogen and oxygen atoms in total. The summed E-state index contributed by atoms with van der Waals surface area (Å²) < 4.78 is 29.0. The summed E-state index contributed by atoms with van der Waals surface area (Å²) in [6.45, 7) is 4.26. The van der Waals surface area contributed by atoms with Crippen molar-refractivity contribution in [1.29, 1.82) is 0 Å². The van der Waals surface area contributed by atoms with Gasteiger partial charge in [0.1, 0.15) is 24.4 Å². The Morgan fingerprint density at radius 2 is 2.04 bits per heavy atom. The van der Waals surface area contributed by atoms with Gasteiger partial charge in [0.2, 0.25) is 11.2 Å². The van der Waals surface area contributed by atoms with Gasteiger partial charge >= 0.3 is 5.97 Å². The predicted octanol–water partition coefficient (Wildman–Crippen LogP) is 3.56. The van der Waals surface area contributed by atoms with Crippen LogP contribution in [-0.2, 0) is 11.3 Å². The fraction of sp³-hybridized carbons (Fsp3) is 0.333. The lowest BCUT2D eigenvalue weighted by atomic mass is 10.1. The Hall–Kier alpha value is -2.63. The summed E-state index contributed by atoms with van der Waals surface area (Å²) in [5.41, 5.74) is -0.532. The minimum atomic E-state index is -0.826. The number of carbonyl (C=O) groups excluding carboxylic acids is 1. The molecule has 0 saturated carbocycles. The molecule has 0 fully saturated rings. The fourth-order valence-electron chi connectivity index (χ4n) is 1.87. The second-order valence-corrected chi connectivity index (χ2v) is 5.66. The Labute approximate surface area is 139 Å². The molecular formula is C18H19FO5. The molecule has 1 aromatic heterocycles. The number of benzene rings is 1. The van der Waals surface area contributed by atoms with Crippen LogP contribution >= 0.6 is 0 Å². The van der Waals surface area contributed by atoms with Gasteiger partial charge < -0.3 is 13.9 Å². The number of rotatable bonds is 7. The number of halogens is 1. The van der Waals surface area contributed by atoms with Gasteiger partial charge in [-0.25, -0.2) is 9.18 Å². The normalized spacial score (nSPS) is 10.7. The highest BCUT2D eigenvalue weighted by Crippen LogP contribution is 2.12. The van der Waals surface area contributed by atoms with Gasteiger partial charge in [-0.15, -0.1) is 0 Å². The van der Waals surface area contributed by atoms with E-state index >= 15 is 0 Å². The third-order valence-corrected chi connectivity index (χ3v) is 3.24. The molecule has 0 N–H and O–H groups in total. The lowest BCUT2D eigenvalue weighted by Gasteiger charge is -2.08. The molecule has 0 aliphatic heterocycles. The van der Waals surface area contributed by atoms with Crippen molar-refractivity contribution in [1.82, 2.24) is 0 Å². The van der Waals surface area contributed by atoms with Crippen LogP contribution in [0.15, 0.2) is 45.8 Å². The number of esters is 1. The van der Waals surface area contributed by atoms with E-state index in [1.807, 2.05) is 0 Å². The van der Waals surface area contributed by atoms with Crippen LogP contribution in [0.1, 0.15) is 36.4 Å². The van der Waals surface area contributed by atoms with Crippen LogP contribution in [0, 0.1) is 11.7 Å². The molecule has 0 radical (unpaired) electrons. The Balaban J connectivity index is 1.94. The molecule has 128 valence electrons. The first-order chi connectivity index (χ1) is 11.5. The molecule has 6 heteroatoms. The predicted molar refractivity (Wildman–Crippen MR) is 85.4 cm³/mol. The second-order valence-electron chi connectivity index (χ2n) is 5.66. The average Bonchev–Trinajstić information content (AvgIpc) is 2.54. The molecule has 1 aromatic carbocycles. The summed E-state index contributed by atoms with van der Waals surface area (Å²) in [4.78, 5) is 23.7. The molecule has 0 spiro atoms. The molecule has 1 heterocycles. The monoisotopic (exact) mass is 334 g/mol. The van der Waals surface area contributed by atoms with E-state index in [1.54, 1.807) is 0 Å². The smallest absolute Gasteiger partial charge is 0.341 e. The van der Waals surface area contributed by atoms with Crippen LogP contribution in [0.3, 0.4) is 0 Å². The first-order valence-electron chi connectivity index (χ1n) is 7.63. The van der Waals surface area contributed by atoms with Gasteiger partial charge in [0, 0.05) is 6.07 Å². The van der Waals surface area contributed by atoms with Crippen LogP contribution in [-0.4, -0.2) is 12.6 Å². The van der Waals surface area contributed by atoms with Crippen molar-refractivity contribution in [2.45, 2.75) is 26.9 Å². The van der Waals surface area contributed by atoms with Crippen LogP contribution < -0.4 is 10.2 Å². The lowest BCUT2D eigenvalue weighted by molar-refractivity contribution is 0.0437. The highest BCUT2D eigenvalue weighted by Gasteiger charge is 2.13. The van der Waals surface area contributed by atoms with Crippen LogP contribution in [0.4, 0.5) is 4.39 Å². The zero-order chi connectivity index (χ0) is 17.5.